The number of H-pyrrole nitrogens is 1. The Kier molecular flexibility index (Phi) is 1.88. The zero-order valence-electron chi connectivity index (χ0n) is 9.56. The van der Waals surface area contributed by atoms with Crippen molar-refractivity contribution in [3.8, 4) is 0 Å². The van der Waals surface area contributed by atoms with E-state index < -0.39 is 0 Å². The summed E-state index contributed by atoms with van der Waals surface area (Å²) >= 11 is 0. The third-order valence-corrected chi connectivity index (χ3v) is 4.00. The van der Waals surface area contributed by atoms with Gasteiger partial charge in [0.25, 0.3) is 5.91 Å². The number of likely N-dealkylation sites (tertiary alicyclic amines) is 1. The molecule has 1 aromatic rings. The predicted molar refractivity (Wildman–Crippen MR) is 59.7 cm³/mol. The van der Waals surface area contributed by atoms with E-state index in [4.69, 9.17) is 4.74 Å². The molecule has 0 radical (unpaired) electrons. The fourth-order valence-corrected chi connectivity index (χ4v) is 2.85. The van der Waals surface area contributed by atoms with E-state index in [0.717, 1.165) is 18.7 Å². The van der Waals surface area contributed by atoms with Gasteiger partial charge in [-0.15, -0.1) is 0 Å². The fraction of sp³-hybridized carbons (Fsp3) is 0.667. The largest absolute Gasteiger partial charge is 0.374 e. The second-order valence-corrected chi connectivity index (χ2v) is 5.29. The summed E-state index contributed by atoms with van der Waals surface area (Å²) < 4.78 is 5.50. The molecule has 1 amide bonds. The number of nitrogens with zero attached hydrogens (tertiary/aromatic N) is 2. The number of hydrogen-bond donors (Lipinski definition) is 1. The summed E-state index contributed by atoms with van der Waals surface area (Å²) in [4.78, 5) is 14.2. The Balaban J connectivity index is 1.55. The highest BCUT2D eigenvalue weighted by molar-refractivity contribution is 5.93. The molecule has 1 saturated carbocycles. The second-order valence-electron chi connectivity index (χ2n) is 5.29. The highest BCUT2D eigenvalue weighted by atomic mass is 16.5. The van der Waals surface area contributed by atoms with Gasteiger partial charge in [-0.05, 0) is 25.3 Å². The molecule has 5 heteroatoms. The molecule has 2 aliphatic heterocycles. The lowest BCUT2D eigenvalue weighted by Gasteiger charge is -2.25. The van der Waals surface area contributed by atoms with Gasteiger partial charge in [-0.25, -0.2) is 0 Å². The van der Waals surface area contributed by atoms with Crippen LogP contribution in [0.3, 0.4) is 0 Å². The van der Waals surface area contributed by atoms with Gasteiger partial charge in [0.05, 0.1) is 18.8 Å². The van der Waals surface area contributed by atoms with Crippen molar-refractivity contribution in [2.75, 3.05) is 13.2 Å². The van der Waals surface area contributed by atoms with Crippen LogP contribution < -0.4 is 0 Å². The number of carbonyl (C=O) groups excluding carboxylic acids is 1. The number of amides is 1. The molecule has 1 N–H and O–H groups in total. The van der Waals surface area contributed by atoms with Gasteiger partial charge in [-0.3, -0.25) is 9.89 Å². The Labute approximate surface area is 99.1 Å². The fourth-order valence-electron chi connectivity index (χ4n) is 2.85. The normalized spacial score (nSPS) is 31.2. The Morgan fingerprint density at radius 2 is 2.41 bits per heavy atom. The zero-order valence-corrected chi connectivity index (χ0v) is 9.56. The molecule has 0 aromatic carbocycles. The lowest BCUT2D eigenvalue weighted by atomic mass is 10.2. The van der Waals surface area contributed by atoms with Crippen LogP contribution in [0, 0.1) is 0 Å². The number of rotatable bonds is 2. The quantitative estimate of drug-likeness (QED) is 0.825. The van der Waals surface area contributed by atoms with Crippen LogP contribution in [-0.2, 0) is 4.74 Å². The number of morpholine rings is 1. The Hall–Kier alpha value is -1.36. The maximum atomic E-state index is 12.3. The molecule has 2 saturated heterocycles. The minimum Gasteiger partial charge on any atom is -0.374 e. The first kappa shape index (κ1) is 9.65. The smallest absolute Gasteiger partial charge is 0.274 e. The van der Waals surface area contributed by atoms with Gasteiger partial charge in [0, 0.05) is 18.2 Å². The van der Waals surface area contributed by atoms with E-state index in [1.807, 2.05) is 11.0 Å². The Morgan fingerprint density at radius 1 is 1.53 bits per heavy atom. The van der Waals surface area contributed by atoms with E-state index in [2.05, 4.69) is 10.2 Å². The van der Waals surface area contributed by atoms with Gasteiger partial charge >= 0.3 is 0 Å². The number of ether oxygens (including phenoxy) is 1. The van der Waals surface area contributed by atoms with Crippen molar-refractivity contribution in [3.63, 3.8) is 0 Å². The van der Waals surface area contributed by atoms with Crippen LogP contribution in [0.2, 0.25) is 0 Å². The molecule has 0 spiro atoms. The van der Waals surface area contributed by atoms with Crippen molar-refractivity contribution in [1.29, 1.82) is 0 Å². The topological polar surface area (TPSA) is 58.2 Å². The maximum Gasteiger partial charge on any atom is 0.274 e. The van der Waals surface area contributed by atoms with Gasteiger partial charge in [-0.2, -0.15) is 5.10 Å². The summed E-state index contributed by atoms with van der Waals surface area (Å²) in [5.74, 6) is 0.673. The lowest BCUT2D eigenvalue weighted by Crippen LogP contribution is -2.41. The standard InChI is InChI=1S/C12H15N3O2/c16-12(15-5-9-3-8(15)6-17-9)11-4-10(13-14-11)7-1-2-7/h4,7-9H,1-3,5-6H2,(H,13,14)/t8-,9+/m0/s1. The summed E-state index contributed by atoms with van der Waals surface area (Å²) in [5, 5.41) is 7.14. The average molecular weight is 233 g/mol. The van der Waals surface area contributed by atoms with E-state index in [9.17, 15) is 4.79 Å². The highest BCUT2D eigenvalue weighted by Gasteiger charge is 2.42. The minimum atomic E-state index is 0.0592. The third-order valence-electron chi connectivity index (χ3n) is 4.00. The van der Waals surface area contributed by atoms with Crippen LogP contribution >= 0.6 is 0 Å². The van der Waals surface area contributed by atoms with Crippen molar-refractivity contribution >= 4 is 5.91 Å². The van der Waals surface area contributed by atoms with Gasteiger partial charge in [0.15, 0.2) is 0 Å². The highest BCUT2D eigenvalue weighted by Crippen LogP contribution is 2.39. The van der Waals surface area contributed by atoms with Crippen LogP contribution in [0.1, 0.15) is 41.4 Å². The number of fused-ring (bicyclic) bond motifs is 2. The van der Waals surface area contributed by atoms with Crippen molar-refractivity contribution in [3.05, 3.63) is 17.5 Å². The monoisotopic (exact) mass is 233 g/mol. The SMILES string of the molecule is O=C(c1cc(C2CC2)[nH]n1)N1C[C@H]2C[C@H]1CO2. The molecule has 4 rings (SSSR count). The summed E-state index contributed by atoms with van der Waals surface area (Å²) in [6.45, 7) is 1.42. The second kappa shape index (κ2) is 3.32. The van der Waals surface area contributed by atoms with Gasteiger partial charge in [0.1, 0.15) is 5.69 Å². The number of carbonyl (C=O) groups is 1. The molecular weight excluding hydrogens is 218 g/mol. The first-order valence-electron chi connectivity index (χ1n) is 6.29. The first-order chi connectivity index (χ1) is 8.31. The molecule has 2 bridgehead atoms. The molecule has 17 heavy (non-hydrogen) atoms. The predicted octanol–water partition coefficient (Wildman–Crippen LogP) is 0.900. The number of aromatic amines is 1. The maximum absolute atomic E-state index is 12.3. The van der Waals surface area contributed by atoms with Gasteiger partial charge < -0.3 is 9.64 Å². The van der Waals surface area contributed by atoms with Crippen LogP contribution in [0.15, 0.2) is 6.07 Å². The van der Waals surface area contributed by atoms with Crippen molar-refractivity contribution in [1.82, 2.24) is 15.1 Å². The molecule has 3 fully saturated rings. The van der Waals surface area contributed by atoms with Crippen LogP contribution in [-0.4, -0.2) is 46.3 Å². The van der Waals surface area contributed by atoms with Crippen LogP contribution in [0.5, 0.6) is 0 Å². The van der Waals surface area contributed by atoms with E-state index in [0.29, 0.717) is 18.2 Å². The summed E-state index contributed by atoms with van der Waals surface area (Å²) in [7, 11) is 0. The molecule has 1 aromatic heterocycles. The van der Waals surface area contributed by atoms with Crippen molar-refractivity contribution in [2.45, 2.75) is 37.3 Å². The molecule has 2 atom stereocenters. The molecule has 90 valence electrons. The van der Waals surface area contributed by atoms with Crippen molar-refractivity contribution < 1.29 is 9.53 Å². The molecule has 5 nitrogen and oxygen atoms in total. The van der Waals surface area contributed by atoms with E-state index in [1.165, 1.54) is 12.8 Å². The van der Waals surface area contributed by atoms with Crippen LogP contribution in [0.25, 0.3) is 0 Å². The summed E-state index contributed by atoms with van der Waals surface area (Å²) in [6, 6.07) is 2.20. The Bertz CT molecular complexity index is 466. The number of aromatic nitrogens is 2. The number of nitrogens with one attached hydrogen (secondary N) is 1. The average Bonchev–Trinajstić information content (AvgIpc) is 2.84. The van der Waals surface area contributed by atoms with Crippen LogP contribution in [0.4, 0.5) is 0 Å². The zero-order chi connectivity index (χ0) is 11.4. The van der Waals surface area contributed by atoms with E-state index in [-0.39, 0.29) is 18.1 Å². The van der Waals surface area contributed by atoms with Gasteiger partial charge in [-0.1, -0.05) is 0 Å². The molecular formula is C12H15N3O2. The Morgan fingerprint density at radius 3 is 3.06 bits per heavy atom. The number of hydrogen-bond acceptors (Lipinski definition) is 3. The molecule has 3 heterocycles. The van der Waals surface area contributed by atoms with Crippen molar-refractivity contribution in [2.24, 2.45) is 0 Å². The third kappa shape index (κ3) is 1.49. The molecule has 1 aliphatic carbocycles. The lowest BCUT2D eigenvalue weighted by molar-refractivity contribution is 0.0255. The van der Waals surface area contributed by atoms with E-state index >= 15 is 0 Å². The van der Waals surface area contributed by atoms with E-state index in [1.54, 1.807) is 0 Å². The first-order valence-corrected chi connectivity index (χ1v) is 6.29. The van der Waals surface area contributed by atoms with Gasteiger partial charge in [0.2, 0.25) is 0 Å². The summed E-state index contributed by atoms with van der Waals surface area (Å²) in [5.41, 5.74) is 1.69. The summed E-state index contributed by atoms with van der Waals surface area (Å²) in [6.07, 6.45) is 3.69. The molecule has 3 aliphatic rings. The minimum absolute atomic E-state index is 0.0592. The molecule has 0 unspecified atom stereocenters.